The maximum Gasteiger partial charge on any atom is 0.416 e. The van der Waals surface area contributed by atoms with Crippen LogP contribution < -0.4 is 5.73 Å². The Labute approximate surface area is 122 Å². The van der Waals surface area contributed by atoms with Crippen LogP contribution in [0.3, 0.4) is 0 Å². The summed E-state index contributed by atoms with van der Waals surface area (Å²) in [4.78, 5) is 13.9. The van der Waals surface area contributed by atoms with Crippen molar-refractivity contribution in [1.82, 2.24) is 4.90 Å². The SMILES string of the molecule is CC(C)N(CCCN)C(=O)Cc1ccc(C(F)(F)F)cc1. The molecule has 118 valence electrons. The number of alkyl halides is 3. The van der Waals surface area contributed by atoms with E-state index < -0.39 is 11.7 Å². The largest absolute Gasteiger partial charge is 0.416 e. The van der Waals surface area contributed by atoms with Crippen molar-refractivity contribution in [3.63, 3.8) is 0 Å². The van der Waals surface area contributed by atoms with Crippen LogP contribution in [0.2, 0.25) is 0 Å². The van der Waals surface area contributed by atoms with E-state index >= 15 is 0 Å². The molecule has 0 heterocycles. The Morgan fingerprint density at radius 3 is 2.24 bits per heavy atom. The monoisotopic (exact) mass is 302 g/mol. The summed E-state index contributed by atoms with van der Waals surface area (Å²) in [6.07, 6.45) is -3.55. The average molecular weight is 302 g/mol. The molecule has 6 heteroatoms. The van der Waals surface area contributed by atoms with Crippen LogP contribution in [0.15, 0.2) is 24.3 Å². The number of benzene rings is 1. The zero-order chi connectivity index (χ0) is 16.0. The third-order valence-corrected chi connectivity index (χ3v) is 3.18. The Balaban J connectivity index is 2.72. The molecule has 0 spiro atoms. The summed E-state index contributed by atoms with van der Waals surface area (Å²) < 4.78 is 37.4. The van der Waals surface area contributed by atoms with Gasteiger partial charge >= 0.3 is 6.18 Å². The lowest BCUT2D eigenvalue weighted by atomic mass is 10.1. The molecule has 0 atom stereocenters. The van der Waals surface area contributed by atoms with Gasteiger partial charge in [-0.3, -0.25) is 4.79 Å². The summed E-state index contributed by atoms with van der Waals surface area (Å²) in [6, 6.07) is 4.74. The van der Waals surface area contributed by atoms with Gasteiger partial charge in [-0.2, -0.15) is 13.2 Å². The van der Waals surface area contributed by atoms with E-state index in [9.17, 15) is 18.0 Å². The number of carbonyl (C=O) groups excluding carboxylic acids is 1. The predicted octanol–water partition coefficient (Wildman–Crippen LogP) is 2.83. The van der Waals surface area contributed by atoms with Crippen molar-refractivity contribution >= 4 is 5.91 Å². The first-order valence-corrected chi connectivity index (χ1v) is 6.91. The Morgan fingerprint density at radius 1 is 1.24 bits per heavy atom. The van der Waals surface area contributed by atoms with Crippen molar-refractivity contribution in [3.8, 4) is 0 Å². The van der Waals surface area contributed by atoms with E-state index in [1.807, 2.05) is 13.8 Å². The second kappa shape index (κ2) is 7.45. The third kappa shape index (κ3) is 5.38. The first-order chi connectivity index (χ1) is 9.75. The maximum absolute atomic E-state index is 12.5. The normalized spacial score (nSPS) is 11.8. The van der Waals surface area contributed by atoms with E-state index in [0.29, 0.717) is 25.1 Å². The highest BCUT2D eigenvalue weighted by Crippen LogP contribution is 2.29. The Bertz CT molecular complexity index is 455. The van der Waals surface area contributed by atoms with Crippen LogP contribution in [0.5, 0.6) is 0 Å². The van der Waals surface area contributed by atoms with Crippen molar-refractivity contribution in [2.45, 2.75) is 38.9 Å². The van der Waals surface area contributed by atoms with Gasteiger partial charge in [-0.1, -0.05) is 12.1 Å². The fourth-order valence-electron chi connectivity index (χ4n) is 2.02. The molecule has 1 aromatic rings. The molecular formula is C15H21F3N2O. The molecule has 0 aliphatic heterocycles. The van der Waals surface area contributed by atoms with E-state index in [0.717, 1.165) is 12.1 Å². The number of rotatable bonds is 6. The minimum absolute atomic E-state index is 0.0403. The van der Waals surface area contributed by atoms with Gasteiger partial charge in [-0.05, 0) is 44.5 Å². The van der Waals surface area contributed by atoms with Gasteiger partial charge in [0, 0.05) is 12.6 Å². The third-order valence-electron chi connectivity index (χ3n) is 3.18. The quantitative estimate of drug-likeness (QED) is 0.878. The first kappa shape index (κ1) is 17.5. The van der Waals surface area contributed by atoms with Crippen LogP contribution in [0.1, 0.15) is 31.4 Å². The molecule has 1 rings (SSSR count). The van der Waals surface area contributed by atoms with Crippen molar-refractivity contribution in [3.05, 3.63) is 35.4 Å². The number of halogens is 3. The molecule has 0 aliphatic rings. The fraction of sp³-hybridized carbons (Fsp3) is 0.533. The summed E-state index contributed by atoms with van der Waals surface area (Å²) in [5.41, 5.74) is 5.31. The Morgan fingerprint density at radius 2 is 1.81 bits per heavy atom. The molecule has 1 aromatic carbocycles. The summed E-state index contributed by atoms with van der Waals surface area (Å²) in [5.74, 6) is -0.0989. The minimum Gasteiger partial charge on any atom is -0.340 e. The average Bonchev–Trinajstić information content (AvgIpc) is 2.38. The summed E-state index contributed by atoms with van der Waals surface area (Å²) >= 11 is 0. The summed E-state index contributed by atoms with van der Waals surface area (Å²) in [7, 11) is 0. The molecule has 2 N–H and O–H groups in total. The van der Waals surface area contributed by atoms with Crippen LogP contribution in [0.25, 0.3) is 0 Å². The Hall–Kier alpha value is -1.56. The predicted molar refractivity (Wildman–Crippen MR) is 75.7 cm³/mol. The van der Waals surface area contributed by atoms with Crippen LogP contribution >= 0.6 is 0 Å². The molecule has 0 saturated carbocycles. The molecule has 0 bridgehead atoms. The molecule has 0 aliphatic carbocycles. The van der Waals surface area contributed by atoms with Gasteiger partial charge in [0.15, 0.2) is 0 Å². The van der Waals surface area contributed by atoms with E-state index in [2.05, 4.69) is 0 Å². The Kier molecular flexibility index (Phi) is 6.20. The number of amides is 1. The number of hydrogen-bond acceptors (Lipinski definition) is 2. The molecule has 21 heavy (non-hydrogen) atoms. The highest BCUT2D eigenvalue weighted by atomic mass is 19.4. The number of carbonyl (C=O) groups is 1. The van der Waals surface area contributed by atoms with E-state index in [1.54, 1.807) is 4.90 Å². The zero-order valence-corrected chi connectivity index (χ0v) is 12.3. The van der Waals surface area contributed by atoms with Crippen LogP contribution in [0, 0.1) is 0 Å². The second-order valence-electron chi connectivity index (χ2n) is 5.19. The van der Waals surface area contributed by atoms with Gasteiger partial charge in [-0.25, -0.2) is 0 Å². The van der Waals surface area contributed by atoms with E-state index in [1.165, 1.54) is 12.1 Å². The lowest BCUT2D eigenvalue weighted by Crippen LogP contribution is -2.39. The van der Waals surface area contributed by atoms with Crippen molar-refractivity contribution in [1.29, 1.82) is 0 Å². The number of nitrogens with two attached hydrogens (primary N) is 1. The van der Waals surface area contributed by atoms with Crippen LogP contribution in [-0.4, -0.2) is 29.9 Å². The first-order valence-electron chi connectivity index (χ1n) is 6.91. The molecule has 0 fully saturated rings. The fourth-order valence-corrected chi connectivity index (χ4v) is 2.02. The molecule has 0 radical (unpaired) electrons. The van der Waals surface area contributed by atoms with Gasteiger partial charge in [0.05, 0.1) is 12.0 Å². The molecular weight excluding hydrogens is 281 g/mol. The smallest absolute Gasteiger partial charge is 0.340 e. The van der Waals surface area contributed by atoms with Gasteiger partial charge in [0.2, 0.25) is 5.91 Å². The molecule has 0 aromatic heterocycles. The molecule has 0 saturated heterocycles. The number of nitrogens with zero attached hydrogens (tertiary/aromatic N) is 1. The standard InChI is InChI=1S/C15H21F3N2O/c1-11(2)20(9-3-8-19)14(21)10-12-4-6-13(7-5-12)15(16,17)18/h4-7,11H,3,8-10,19H2,1-2H3. The number of hydrogen-bond donors (Lipinski definition) is 1. The van der Waals surface area contributed by atoms with E-state index in [-0.39, 0.29) is 18.4 Å². The van der Waals surface area contributed by atoms with Gasteiger partial charge in [0.25, 0.3) is 0 Å². The molecule has 1 amide bonds. The lowest BCUT2D eigenvalue weighted by Gasteiger charge is -2.26. The summed E-state index contributed by atoms with van der Waals surface area (Å²) in [5, 5.41) is 0. The highest BCUT2D eigenvalue weighted by molar-refractivity contribution is 5.79. The molecule has 0 unspecified atom stereocenters. The van der Waals surface area contributed by atoms with Crippen molar-refractivity contribution in [2.24, 2.45) is 5.73 Å². The van der Waals surface area contributed by atoms with Crippen LogP contribution in [0.4, 0.5) is 13.2 Å². The topological polar surface area (TPSA) is 46.3 Å². The highest BCUT2D eigenvalue weighted by Gasteiger charge is 2.30. The minimum atomic E-state index is -4.35. The van der Waals surface area contributed by atoms with E-state index in [4.69, 9.17) is 5.73 Å². The van der Waals surface area contributed by atoms with Crippen LogP contribution in [-0.2, 0) is 17.4 Å². The second-order valence-corrected chi connectivity index (χ2v) is 5.19. The maximum atomic E-state index is 12.5. The lowest BCUT2D eigenvalue weighted by molar-refractivity contribution is -0.137. The van der Waals surface area contributed by atoms with Gasteiger partial charge in [0.1, 0.15) is 0 Å². The zero-order valence-electron chi connectivity index (χ0n) is 12.3. The molecule has 3 nitrogen and oxygen atoms in total. The summed E-state index contributed by atoms with van der Waals surface area (Å²) in [6.45, 7) is 4.87. The van der Waals surface area contributed by atoms with Crippen molar-refractivity contribution < 1.29 is 18.0 Å². The van der Waals surface area contributed by atoms with Gasteiger partial charge < -0.3 is 10.6 Å². The van der Waals surface area contributed by atoms with Gasteiger partial charge in [-0.15, -0.1) is 0 Å². The van der Waals surface area contributed by atoms with Crippen molar-refractivity contribution in [2.75, 3.05) is 13.1 Å².